The van der Waals surface area contributed by atoms with Crippen molar-refractivity contribution >= 4 is 11.6 Å². The molecule has 1 aromatic carbocycles. The number of hydrogen-bond donors (Lipinski definition) is 1. The van der Waals surface area contributed by atoms with Gasteiger partial charge in [-0.05, 0) is 24.1 Å². The van der Waals surface area contributed by atoms with Gasteiger partial charge in [-0.25, -0.2) is 4.39 Å². The molecule has 0 aliphatic carbocycles. The van der Waals surface area contributed by atoms with Gasteiger partial charge in [0.2, 0.25) is 0 Å². The molecule has 3 heteroatoms. The summed E-state index contributed by atoms with van der Waals surface area (Å²) in [6, 6.07) is 5.12. The first-order valence-corrected chi connectivity index (χ1v) is 6.16. The minimum atomic E-state index is -0.342. The predicted molar refractivity (Wildman–Crippen MR) is 67.3 cm³/mol. The second-order valence-corrected chi connectivity index (χ2v) is 4.44. The number of halogens is 2. The van der Waals surface area contributed by atoms with Crippen LogP contribution < -0.4 is 5.32 Å². The molecular formula is C13H19ClFN. The van der Waals surface area contributed by atoms with Crippen LogP contribution >= 0.6 is 11.6 Å². The van der Waals surface area contributed by atoms with E-state index in [0.29, 0.717) is 5.92 Å². The van der Waals surface area contributed by atoms with Crippen molar-refractivity contribution < 1.29 is 4.39 Å². The summed E-state index contributed by atoms with van der Waals surface area (Å²) in [5, 5.41) is 3.61. The third kappa shape index (κ3) is 2.96. The highest BCUT2D eigenvalue weighted by atomic mass is 35.5. The maximum absolute atomic E-state index is 13.4. The quantitative estimate of drug-likeness (QED) is 0.818. The van der Waals surface area contributed by atoms with Crippen LogP contribution in [0.1, 0.15) is 38.8 Å². The van der Waals surface area contributed by atoms with E-state index in [2.05, 4.69) is 19.2 Å². The topological polar surface area (TPSA) is 12.0 Å². The van der Waals surface area contributed by atoms with Gasteiger partial charge in [0.25, 0.3) is 0 Å². The van der Waals surface area contributed by atoms with E-state index in [1.165, 1.54) is 6.07 Å². The molecule has 0 bridgehead atoms. The lowest BCUT2D eigenvalue weighted by molar-refractivity contribution is 0.383. The Morgan fingerprint density at radius 1 is 1.38 bits per heavy atom. The van der Waals surface area contributed by atoms with Crippen molar-refractivity contribution in [1.29, 1.82) is 0 Å². The maximum atomic E-state index is 13.4. The third-order valence-corrected chi connectivity index (χ3v) is 3.35. The number of hydrogen-bond acceptors (Lipinski definition) is 1. The first kappa shape index (κ1) is 13.5. The van der Waals surface area contributed by atoms with Crippen LogP contribution in [0.3, 0.4) is 0 Å². The zero-order valence-corrected chi connectivity index (χ0v) is 10.8. The highest BCUT2D eigenvalue weighted by Gasteiger charge is 2.20. The van der Waals surface area contributed by atoms with E-state index in [1.807, 2.05) is 13.0 Å². The Morgan fingerprint density at radius 2 is 2.06 bits per heavy atom. The molecule has 0 aromatic heterocycles. The lowest BCUT2D eigenvalue weighted by Crippen LogP contribution is -2.27. The van der Waals surface area contributed by atoms with Crippen LogP contribution in [0.25, 0.3) is 0 Å². The minimum absolute atomic E-state index is 0.123. The van der Waals surface area contributed by atoms with Gasteiger partial charge in [-0.3, -0.25) is 0 Å². The molecule has 0 amide bonds. The van der Waals surface area contributed by atoms with E-state index in [-0.39, 0.29) is 16.9 Å². The van der Waals surface area contributed by atoms with Crippen molar-refractivity contribution in [1.82, 2.24) is 5.32 Å². The number of nitrogens with one attached hydrogen (secondary N) is 1. The van der Waals surface area contributed by atoms with Crippen molar-refractivity contribution in [2.45, 2.75) is 33.2 Å². The lowest BCUT2D eigenvalue weighted by Gasteiger charge is -2.25. The van der Waals surface area contributed by atoms with Gasteiger partial charge in [0, 0.05) is 6.04 Å². The van der Waals surface area contributed by atoms with Crippen molar-refractivity contribution in [2.75, 3.05) is 6.54 Å². The summed E-state index contributed by atoms with van der Waals surface area (Å²) in [6.07, 6.45) is 1.03. The second kappa shape index (κ2) is 6.21. The van der Waals surface area contributed by atoms with Crippen LogP contribution in [0.2, 0.25) is 5.02 Å². The lowest BCUT2D eigenvalue weighted by atomic mass is 9.92. The molecule has 1 aromatic rings. The van der Waals surface area contributed by atoms with Crippen LogP contribution in [0.5, 0.6) is 0 Å². The molecule has 0 radical (unpaired) electrons. The molecule has 0 saturated heterocycles. The summed E-state index contributed by atoms with van der Waals surface area (Å²) in [4.78, 5) is 0. The predicted octanol–water partition coefficient (Wildman–Crippen LogP) is 4.18. The van der Waals surface area contributed by atoms with E-state index < -0.39 is 0 Å². The summed E-state index contributed by atoms with van der Waals surface area (Å²) in [6.45, 7) is 7.17. The molecule has 2 atom stereocenters. The van der Waals surface area contributed by atoms with Gasteiger partial charge in [-0.1, -0.05) is 50.9 Å². The standard InChI is InChI=1S/C13H19ClFN/c1-4-9(3)13(16-5-2)10-7-6-8-11(15)12(10)14/h6-9,13,16H,4-5H2,1-3H3. The fourth-order valence-electron chi connectivity index (χ4n) is 1.83. The average Bonchev–Trinajstić information content (AvgIpc) is 2.29. The highest BCUT2D eigenvalue weighted by molar-refractivity contribution is 6.31. The van der Waals surface area contributed by atoms with Crippen molar-refractivity contribution in [3.05, 3.63) is 34.6 Å². The summed E-state index contributed by atoms with van der Waals surface area (Å²) < 4.78 is 13.4. The van der Waals surface area contributed by atoms with E-state index in [1.54, 1.807) is 6.07 Å². The van der Waals surface area contributed by atoms with Crippen LogP contribution in [-0.2, 0) is 0 Å². The average molecular weight is 244 g/mol. The highest BCUT2D eigenvalue weighted by Crippen LogP contribution is 2.31. The molecule has 1 nitrogen and oxygen atoms in total. The molecule has 0 spiro atoms. The van der Waals surface area contributed by atoms with Crippen molar-refractivity contribution in [3.63, 3.8) is 0 Å². The molecule has 90 valence electrons. The van der Waals surface area contributed by atoms with Gasteiger partial charge < -0.3 is 5.32 Å². The zero-order valence-electron chi connectivity index (χ0n) is 10.1. The summed E-state index contributed by atoms with van der Waals surface area (Å²) in [7, 11) is 0. The number of benzene rings is 1. The van der Waals surface area contributed by atoms with E-state index in [4.69, 9.17) is 11.6 Å². The molecule has 16 heavy (non-hydrogen) atoms. The van der Waals surface area contributed by atoms with Gasteiger partial charge in [0.1, 0.15) is 5.82 Å². The van der Waals surface area contributed by atoms with Crippen molar-refractivity contribution in [3.8, 4) is 0 Å². The fourth-order valence-corrected chi connectivity index (χ4v) is 2.08. The van der Waals surface area contributed by atoms with Gasteiger partial charge >= 0.3 is 0 Å². The summed E-state index contributed by atoms with van der Waals surface area (Å²) in [5.41, 5.74) is 0.859. The minimum Gasteiger partial charge on any atom is -0.310 e. The Hall–Kier alpha value is -0.600. The smallest absolute Gasteiger partial charge is 0.142 e. The Labute approximate surface area is 102 Å². The van der Waals surface area contributed by atoms with Crippen LogP contribution in [-0.4, -0.2) is 6.54 Å². The van der Waals surface area contributed by atoms with Gasteiger partial charge in [0.05, 0.1) is 5.02 Å². The first-order valence-electron chi connectivity index (χ1n) is 5.79. The van der Waals surface area contributed by atoms with Gasteiger partial charge in [-0.2, -0.15) is 0 Å². The second-order valence-electron chi connectivity index (χ2n) is 4.06. The largest absolute Gasteiger partial charge is 0.310 e. The molecule has 0 aliphatic heterocycles. The normalized spacial score (nSPS) is 14.8. The van der Waals surface area contributed by atoms with Crippen LogP contribution in [0.4, 0.5) is 4.39 Å². The van der Waals surface area contributed by atoms with Crippen molar-refractivity contribution in [2.24, 2.45) is 5.92 Å². The molecule has 0 fully saturated rings. The fraction of sp³-hybridized carbons (Fsp3) is 0.538. The van der Waals surface area contributed by atoms with E-state index >= 15 is 0 Å². The Balaban J connectivity index is 3.05. The molecule has 0 saturated carbocycles. The molecule has 1 N–H and O–H groups in total. The van der Waals surface area contributed by atoms with Crippen LogP contribution in [0, 0.1) is 11.7 Å². The molecule has 1 rings (SSSR count). The SMILES string of the molecule is CCNC(c1cccc(F)c1Cl)C(C)CC. The zero-order chi connectivity index (χ0) is 12.1. The molecule has 0 heterocycles. The third-order valence-electron chi connectivity index (χ3n) is 2.95. The van der Waals surface area contributed by atoms with E-state index in [0.717, 1.165) is 18.5 Å². The Morgan fingerprint density at radius 3 is 2.62 bits per heavy atom. The van der Waals surface area contributed by atoms with Crippen LogP contribution in [0.15, 0.2) is 18.2 Å². The maximum Gasteiger partial charge on any atom is 0.142 e. The van der Waals surface area contributed by atoms with Gasteiger partial charge in [-0.15, -0.1) is 0 Å². The van der Waals surface area contributed by atoms with E-state index in [9.17, 15) is 4.39 Å². The monoisotopic (exact) mass is 243 g/mol. The molecule has 2 unspecified atom stereocenters. The summed E-state index contributed by atoms with van der Waals surface area (Å²) >= 11 is 6.01. The first-order chi connectivity index (χ1) is 7.61. The molecule has 0 aliphatic rings. The summed E-state index contributed by atoms with van der Waals surface area (Å²) in [5.74, 6) is 0.0876. The number of rotatable bonds is 5. The molecular weight excluding hydrogens is 225 g/mol. The Bertz CT molecular complexity index is 341. The van der Waals surface area contributed by atoms with Gasteiger partial charge in [0.15, 0.2) is 0 Å². The Kier molecular flexibility index (Phi) is 5.23.